The van der Waals surface area contributed by atoms with Crippen molar-refractivity contribution < 1.29 is 17.9 Å². The molecule has 1 atom stereocenters. The van der Waals surface area contributed by atoms with Crippen LogP contribution >= 0.6 is 0 Å². The number of hydrogen-bond donors (Lipinski definition) is 1. The van der Waals surface area contributed by atoms with Crippen molar-refractivity contribution in [2.75, 3.05) is 33.3 Å². The van der Waals surface area contributed by atoms with Crippen molar-refractivity contribution in [3.63, 3.8) is 0 Å². The van der Waals surface area contributed by atoms with Crippen molar-refractivity contribution in [3.8, 4) is 5.75 Å². The molecule has 2 fully saturated rings. The van der Waals surface area contributed by atoms with Crippen molar-refractivity contribution >= 4 is 15.9 Å². The smallest absolute Gasteiger partial charge is 0.229 e. The third-order valence-corrected chi connectivity index (χ3v) is 9.66. The van der Waals surface area contributed by atoms with Crippen LogP contribution in [0, 0.1) is 5.41 Å². The molecule has 196 valence electrons. The summed E-state index contributed by atoms with van der Waals surface area (Å²) in [7, 11) is -1.73. The van der Waals surface area contributed by atoms with Gasteiger partial charge in [0.1, 0.15) is 5.75 Å². The SMILES string of the molecule is COc1ccc(CN2CCC3(CCN(CC[C@H](NS(=O)(=O)C(C)C)c4ccccc4)CC3)C2=O)cc1. The molecule has 36 heavy (non-hydrogen) atoms. The first kappa shape index (κ1) is 26.6. The number of methoxy groups -OCH3 is 1. The third kappa shape index (κ3) is 6.10. The van der Waals surface area contributed by atoms with Crippen molar-refractivity contribution in [1.29, 1.82) is 0 Å². The molecule has 1 N–H and O–H groups in total. The van der Waals surface area contributed by atoms with E-state index >= 15 is 0 Å². The Morgan fingerprint density at radius 3 is 2.22 bits per heavy atom. The Labute approximate surface area is 215 Å². The lowest BCUT2D eigenvalue weighted by molar-refractivity contribution is -0.138. The zero-order valence-corrected chi connectivity index (χ0v) is 22.5. The number of sulfonamides is 1. The molecule has 1 spiro atoms. The molecule has 4 rings (SSSR count). The summed E-state index contributed by atoms with van der Waals surface area (Å²) in [4.78, 5) is 17.8. The molecule has 2 aliphatic rings. The van der Waals surface area contributed by atoms with E-state index in [1.165, 1.54) is 0 Å². The number of rotatable bonds is 10. The highest BCUT2D eigenvalue weighted by molar-refractivity contribution is 7.90. The molecule has 2 saturated heterocycles. The second-order valence-electron chi connectivity index (χ2n) is 10.4. The fraction of sp³-hybridized carbons (Fsp3) is 0.536. The van der Waals surface area contributed by atoms with E-state index < -0.39 is 15.3 Å². The summed E-state index contributed by atoms with van der Waals surface area (Å²) < 4.78 is 33.3. The van der Waals surface area contributed by atoms with Crippen LogP contribution in [-0.4, -0.2) is 62.7 Å². The summed E-state index contributed by atoms with van der Waals surface area (Å²) in [5.74, 6) is 1.10. The highest BCUT2D eigenvalue weighted by Crippen LogP contribution is 2.42. The van der Waals surface area contributed by atoms with Gasteiger partial charge in [0.05, 0.1) is 17.8 Å². The monoisotopic (exact) mass is 513 g/mol. The summed E-state index contributed by atoms with van der Waals surface area (Å²) in [5.41, 5.74) is 1.85. The van der Waals surface area contributed by atoms with Crippen LogP contribution in [0.1, 0.15) is 56.7 Å². The van der Waals surface area contributed by atoms with Crippen LogP contribution in [0.25, 0.3) is 0 Å². The number of carbonyl (C=O) groups excluding carboxylic acids is 1. The van der Waals surface area contributed by atoms with Crippen LogP contribution in [-0.2, 0) is 21.4 Å². The molecule has 0 bridgehead atoms. The molecule has 2 aliphatic heterocycles. The number of benzene rings is 2. The van der Waals surface area contributed by atoms with E-state index in [1.54, 1.807) is 21.0 Å². The Morgan fingerprint density at radius 2 is 1.61 bits per heavy atom. The average molecular weight is 514 g/mol. The first-order chi connectivity index (χ1) is 17.2. The minimum Gasteiger partial charge on any atom is -0.497 e. The van der Waals surface area contributed by atoms with Gasteiger partial charge in [0.2, 0.25) is 15.9 Å². The lowest BCUT2D eigenvalue weighted by Gasteiger charge is -2.38. The van der Waals surface area contributed by atoms with E-state index in [1.807, 2.05) is 59.5 Å². The summed E-state index contributed by atoms with van der Waals surface area (Å²) in [5, 5.41) is -0.479. The van der Waals surface area contributed by atoms with Crippen molar-refractivity contribution in [3.05, 3.63) is 65.7 Å². The van der Waals surface area contributed by atoms with Crippen LogP contribution in [0.5, 0.6) is 5.75 Å². The lowest BCUT2D eigenvalue weighted by Crippen LogP contribution is -2.45. The molecule has 2 heterocycles. The van der Waals surface area contributed by atoms with Crippen LogP contribution in [0.2, 0.25) is 0 Å². The third-order valence-electron chi connectivity index (χ3n) is 7.81. The maximum Gasteiger partial charge on any atom is 0.229 e. The van der Waals surface area contributed by atoms with Gasteiger partial charge in [-0.15, -0.1) is 0 Å². The predicted octanol–water partition coefficient (Wildman–Crippen LogP) is 3.97. The fourth-order valence-electron chi connectivity index (χ4n) is 5.29. The van der Waals surface area contributed by atoms with Gasteiger partial charge in [-0.05, 0) is 82.4 Å². The summed E-state index contributed by atoms with van der Waals surface area (Å²) >= 11 is 0. The van der Waals surface area contributed by atoms with Crippen molar-refractivity contribution in [1.82, 2.24) is 14.5 Å². The van der Waals surface area contributed by atoms with E-state index in [-0.39, 0.29) is 17.4 Å². The largest absolute Gasteiger partial charge is 0.497 e. The average Bonchev–Trinajstić information content (AvgIpc) is 3.18. The predicted molar refractivity (Wildman–Crippen MR) is 142 cm³/mol. The lowest BCUT2D eigenvalue weighted by atomic mass is 9.77. The number of carbonyl (C=O) groups is 1. The standard InChI is InChI=1S/C28H39N3O4S/c1-22(2)36(33,34)29-26(24-7-5-4-6-8-24)13-17-30-18-14-28(15-19-30)16-20-31(27(28)32)21-23-9-11-25(35-3)12-10-23/h4-12,22,26,29H,13-21H2,1-3H3/t26-/m0/s1. The molecule has 0 aromatic heterocycles. The highest BCUT2D eigenvalue weighted by atomic mass is 32.2. The number of likely N-dealkylation sites (tertiary alicyclic amines) is 2. The van der Waals surface area contributed by atoms with Crippen LogP contribution in [0.4, 0.5) is 0 Å². The quantitative estimate of drug-likeness (QED) is 0.520. The molecule has 0 saturated carbocycles. The molecule has 0 unspecified atom stereocenters. The van der Waals surface area contributed by atoms with Gasteiger partial charge in [0, 0.05) is 19.1 Å². The zero-order chi connectivity index (χ0) is 25.8. The molecular formula is C28H39N3O4S. The molecule has 0 radical (unpaired) electrons. The van der Waals surface area contributed by atoms with E-state index in [4.69, 9.17) is 4.74 Å². The first-order valence-electron chi connectivity index (χ1n) is 12.9. The number of ether oxygens (including phenoxy) is 1. The van der Waals surface area contributed by atoms with Gasteiger partial charge in [-0.25, -0.2) is 13.1 Å². The summed E-state index contributed by atoms with van der Waals surface area (Å²) in [6.45, 7) is 7.36. The highest BCUT2D eigenvalue weighted by Gasteiger charge is 2.47. The Morgan fingerprint density at radius 1 is 0.972 bits per heavy atom. The number of amides is 1. The zero-order valence-electron chi connectivity index (χ0n) is 21.7. The first-order valence-corrected chi connectivity index (χ1v) is 14.5. The molecule has 2 aromatic rings. The van der Waals surface area contributed by atoms with E-state index in [9.17, 15) is 13.2 Å². The normalized spacial score (nSPS) is 19.2. The Balaban J connectivity index is 1.32. The summed E-state index contributed by atoms with van der Waals surface area (Å²) in [6, 6.07) is 17.5. The number of piperidine rings is 1. The van der Waals surface area contributed by atoms with Gasteiger partial charge in [-0.3, -0.25) is 4.79 Å². The topological polar surface area (TPSA) is 79.0 Å². The fourth-order valence-corrected chi connectivity index (χ4v) is 6.21. The van der Waals surface area contributed by atoms with Gasteiger partial charge in [-0.1, -0.05) is 42.5 Å². The Bertz CT molecular complexity index is 1110. The number of nitrogens with zero attached hydrogens (tertiary/aromatic N) is 2. The molecule has 0 aliphatic carbocycles. The van der Waals surface area contributed by atoms with Gasteiger partial charge in [0.15, 0.2) is 0 Å². The minimum atomic E-state index is -3.39. The maximum absolute atomic E-state index is 13.4. The van der Waals surface area contributed by atoms with Gasteiger partial charge in [-0.2, -0.15) is 0 Å². The van der Waals surface area contributed by atoms with Crippen LogP contribution < -0.4 is 9.46 Å². The van der Waals surface area contributed by atoms with E-state index in [0.29, 0.717) is 13.0 Å². The van der Waals surface area contributed by atoms with Crippen molar-refractivity contribution in [2.45, 2.75) is 57.4 Å². The molecule has 1 amide bonds. The van der Waals surface area contributed by atoms with Gasteiger partial charge in [0.25, 0.3) is 0 Å². The molecule has 2 aromatic carbocycles. The summed E-state index contributed by atoms with van der Waals surface area (Å²) in [6.07, 6.45) is 3.33. The molecule has 7 nitrogen and oxygen atoms in total. The second kappa shape index (κ2) is 11.3. The van der Waals surface area contributed by atoms with E-state index in [0.717, 1.165) is 62.3 Å². The second-order valence-corrected chi connectivity index (χ2v) is 12.7. The maximum atomic E-state index is 13.4. The molecular weight excluding hydrogens is 474 g/mol. The van der Waals surface area contributed by atoms with E-state index in [2.05, 4.69) is 9.62 Å². The number of nitrogens with one attached hydrogen (secondary N) is 1. The van der Waals surface area contributed by atoms with Gasteiger partial charge >= 0.3 is 0 Å². The Kier molecular flexibility index (Phi) is 8.37. The Hall–Kier alpha value is -2.42. The van der Waals surface area contributed by atoms with Crippen LogP contribution in [0.3, 0.4) is 0 Å². The molecule has 8 heteroatoms. The van der Waals surface area contributed by atoms with Crippen molar-refractivity contribution in [2.24, 2.45) is 5.41 Å². The van der Waals surface area contributed by atoms with Gasteiger partial charge < -0.3 is 14.5 Å². The van der Waals surface area contributed by atoms with Crippen LogP contribution in [0.15, 0.2) is 54.6 Å². The minimum absolute atomic E-state index is 0.249. The number of hydrogen-bond acceptors (Lipinski definition) is 5.